The third kappa shape index (κ3) is 5.72. The van der Waals surface area contributed by atoms with Crippen LogP contribution in [0, 0.1) is 11.3 Å². The van der Waals surface area contributed by atoms with E-state index in [0.717, 1.165) is 24.1 Å². The first-order chi connectivity index (χ1) is 11.8. The smallest absolute Gasteiger partial charge is 0.260 e. The number of rotatable bonds is 5. The van der Waals surface area contributed by atoms with Crippen molar-refractivity contribution in [3.63, 3.8) is 0 Å². The van der Waals surface area contributed by atoms with Gasteiger partial charge in [-0.1, -0.05) is 26.8 Å². The van der Waals surface area contributed by atoms with Crippen LogP contribution in [0.25, 0.3) is 0 Å². The van der Waals surface area contributed by atoms with E-state index < -0.39 is 0 Å². The average Bonchev–Trinajstić information content (AvgIpc) is 2.58. The first-order valence-electron chi connectivity index (χ1n) is 8.61. The molecule has 1 saturated heterocycles. The molecule has 0 saturated carbocycles. The molecule has 1 heterocycles. The Morgan fingerprint density at radius 2 is 1.96 bits per heavy atom. The molecule has 0 spiro atoms. The molecule has 136 valence electrons. The van der Waals surface area contributed by atoms with Gasteiger partial charge < -0.3 is 9.64 Å². The van der Waals surface area contributed by atoms with Crippen LogP contribution in [0.2, 0.25) is 0 Å². The van der Waals surface area contributed by atoms with Gasteiger partial charge in [0.15, 0.2) is 6.61 Å². The van der Waals surface area contributed by atoms with Crippen molar-refractivity contribution in [2.75, 3.05) is 39.3 Å². The second kappa shape index (κ2) is 8.68. The highest BCUT2D eigenvalue weighted by Gasteiger charge is 2.21. The average molecular weight is 408 g/mol. The molecule has 0 bridgehead atoms. The first kappa shape index (κ1) is 19.7. The molecular formula is C19H26BrN3O2. The van der Waals surface area contributed by atoms with Gasteiger partial charge in [0.2, 0.25) is 0 Å². The van der Waals surface area contributed by atoms with Crippen molar-refractivity contribution < 1.29 is 9.53 Å². The van der Waals surface area contributed by atoms with E-state index in [0.29, 0.717) is 25.3 Å². The van der Waals surface area contributed by atoms with Crippen LogP contribution in [-0.4, -0.2) is 55.0 Å². The van der Waals surface area contributed by atoms with E-state index in [1.54, 1.807) is 0 Å². The van der Waals surface area contributed by atoms with Crippen LogP contribution in [0.3, 0.4) is 0 Å². The fourth-order valence-electron chi connectivity index (χ4n) is 2.74. The number of nitriles is 1. The van der Waals surface area contributed by atoms with E-state index in [9.17, 15) is 4.79 Å². The van der Waals surface area contributed by atoms with Gasteiger partial charge in [0.05, 0.1) is 10.5 Å². The Bertz CT molecular complexity index is 641. The van der Waals surface area contributed by atoms with E-state index in [1.807, 2.05) is 23.1 Å². The summed E-state index contributed by atoms with van der Waals surface area (Å²) in [6.45, 7) is 10.3. The minimum Gasteiger partial charge on any atom is -0.483 e. The van der Waals surface area contributed by atoms with E-state index in [4.69, 9.17) is 10.00 Å². The monoisotopic (exact) mass is 407 g/mol. The lowest BCUT2D eigenvalue weighted by molar-refractivity contribution is -0.135. The Morgan fingerprint density at radius 3 is 2.52 bits per heavy atom. The second-order valence-corrected chi connectivity index (χ2v) is 8.17. The van der Waals surface area contributed by atoms with Gasteiger partial charge in [-0.05, 0) is 39.0 Å². The molecule has 2 rings (SSSR count). The molecule has 1 amide bonds. The number of benzene rings is 1. The van der Waals surface area contributed by atoms with Crippen LogP contribution in [0.5, 0.6) is 5.75 Å². The number of hydrogen-bond acceptors (Lipinski definition) is 4. The predicted octanol–water partition coefficient (Wildman–Crippen LogP) is 3.18. The van der Waals surface area contributed by atoms with E-state index in [-0.39, 0.29) is 17.9 Å². The molecular weight excluding hydrogens is 382 g/mol. The first-order valence-corrected chi connectivity index (χ1v) is 9.40. The van der Waals surface area contributed by atoms with Crippen molar-refractivity contribution in [3.8, 4) is 11.8 Å². The summed E-state index contributed by atoms with van der Waals surface area (Å²) in [6, 6.07) is 8.16. The molecule has 1 aliphatic heterocycles. The summed E-state index contributed by atoms with van der Waals surface area (Å²) in [6.07, 6.45) is 0.537. The molecule has 0 unspecified atom stereocenters. The fraction of sp³-hybridized carbons (Fsp3) is 0.579. The quantitative estimate of drug-likeness (QED) is 0.751. The van der Waals surface area contributed by atoms with Gasteiger partial charge in [0, 0.05) is 39.1 Å². The topological polar surface area (TPSA) is 56.6 Å². The van der Waals surface area contributed by atoms with Crippen molar-refractivity contribution in [2.45, 2.75) is 32.6 Å². The molecule has 1 aromatic carbocycles. The molecule has 25 heavy (non-hydrogen) atoms. The lowest BCUT2D eigenvalue weighted by atomic mass is 9.87. The normalized spacial score (nSPS) is 15.7. The Morgan fingerprint density at radius 1 is 1.28 bits per heavy atom. The predicted molar refractivity (Wildman–Crippen MR) is 102 cm³/mol. The molecule has 1 aromatic rings. The van der Waals surface area contributed by atoms with Crippen molar-refractivity contribution in [3.05, 3.63) is 28.2 Å². The van der Waals surface area contributed by atoms with E-state index in [2.05, 4.69) is 47.7 Å². The molecule has 0 aliphatic carbocycles. The summed E-state index contributed by atoms with van der Waals surface area (Å²) in [5.41, 5.74) is 1.29. The minimum absolute atomic E-state index is 0.00623. The maximum atomic E-state index is 12.3. The van der Waals surface area contributed by atoms with Crippen molar-refractivity contribution in [1.29, 1.82) is 5.26 Å². The Kier molecular flexibility index (Phi) is 6.86. The number of carbonyl (C=O) groups is 1. The molecule has 0 atom stereocenters. The fourth-order valence-corrected chi connectivity index (χ4v) is 3.24. The maximum Gasteiger partial charge on any atom is 0.260 e. The van der Waals surface area contributed by atoms with Gasteiger partial charge in [0.1, 0.15) is 5.75 Å². The Balaban J connectivity index is 1.84. The number of ether oxygens (including phenoxy) is 1. The molecule has 0 radical (unpaired) electrons. The van der Waals surface area contributed by atoms with Gasteiger partial charge in [-0.25, -0.2) is 0 Å². The summed E-state index contributed by atoms with van der Waals surface area (Å²) in [4.78, 5) is 16.4. The largest absolute Gasteiger partial charge is 0.483 e. The van der Waals surface area contributed by atoms with Crippen LogP contribution < -0.4 is 4.74 Å². The van der Waals surface area contributed by atoms with Gasteiger partial charge in [-0.3, -0.25) is 9.69 Å². The standard InChI is InChI=1S/C19H26BrN3O2/c1-19(2,3)15-5-6-17(16(20)13-15)25-14-18(24)23-11-9-22(10-12-23)8-4-7-21/h5-6,13H,4,8-12,14H2,1-3H3. The van der Waals surface area contributed by atoms with Crippen LogP contribution in [0.4, 0.5) is 0 Å². The van der Waals surface area contributed by atoms with E-state index >= 15 is 0 Å². The zero-order chi connectivity index (χ0) is 18.4. The van der Waals surface area contributed by atoms with Crippen LogP contribution >= 0.6 is 15.9 Å². The zero-order valence-electron chi connectivity index (χ0n) is 15.2. The summed E-state index contributed by atoms with van der Waals surface area (Å²) in [5, 5.41) is 8.64. The molecule has 1 fully saturated rings. The summed E-state index contributed by atoms with van der Waals surface area (Å²) in [7, 11) is 0. The highest BCUT2D eigenvalue weighted by atomic mass is 79.9. The lowest BCUT2D eigenvalue weighted by Crippen LogP contribution is -2.50. The highest BCUT2D eigenvalue weighted by Crippen LogP contribution is 2.31. The Hall–Kier alpha value is -1.58. The highest BCUT2D eigenvalue weighted by molar-refractivity contribution is 9.10. The molecule has 5 nitrogen and oxygen atoms in total. The van der Waals surface area contributed by atoms with Gasteiger partial charge in [0.25, 0.3) is 5.91 Å². The second-order valence-electron chi connectivity index (χ2n) is 7.31. The third-order valence-corrected chi connectivity index (χ3v) is 5.03. The number of halogens is 1. The summed E-state index contributed by atoms with van der Waals surface area (Å²) in [5.74, 6) is 0.695. The van der Waals surface area contributed by atoms with Gasteiger partial charge in [-0.2, -0.15) is 5.26 Å². The SMILES string of the molecule is CC(C)(C)c1ccc(OCC(=O)N2CCN(CCC#N)CC2)c(Br)c1. The van der Waals surface area contributed by atoms with Crippen molar-refractivity contribution in [1.82, 2.24) is 9.80 Å². The molecule has 0 N–H and O–H groups in total. The Labute approximate surface area is 158 Å². The van der Waals surface area contributed by atoms with Gasteiger partial charge in [-0.15, -0.1) is 0 Å². The maximum absolute atomic E-state index is 12.3. The number of nitrogens with zero attached hydrogens (tertiary/aromatic N) is 3. The zero-order valence-corrected chi connectivity index (χ0v) is 16.8. The number of piperazine rings is 1. The minimum atomic E-state index is 0.00623. The van der Waals surface area contributed by atoms with Crippen molar-refractivity contribution in [2.24, 2.45) is 0 Å². The molecule has 1 aliphatic rings. The van der Waals surface area contributed by atoms with Crippen molar-refractivity contribution >= 4 is 21.8 Å². The molecule has 6 heteroatoms. The van der Waals surface area contributed by atoms with Crippen LogP contribution in [0.1, 0.15) is 32.8 Å². The summed E-state index contributed by atoms with van der Waals surface area (Å²) >= 11 is 3.53. The van der Waals surface area contributed by atoms with Crippen LogP contribution in [-0.2, 0) is 10.2 Å². The van der Waals surface area contributed by atoms with E-state index in [1.165, 1.54) is 5.56 Å². The van der Waals surface area contributed by atoms with Gasteiger partial charge >= 0.3 is 0 Å². The number of hydrogen-bond donors (Lipinski definition) is 0. The lowest BCUT2D eigenvalue weighted by Gasteiger charge is -2.34. The summed E-state index contributed by atoms with van der Waals surface area (Å²) < 4.78 is 6.59. The van der Waals surface area contributed by atoms with Crippen LogP contribution in [0.15, 0.2) is 22.7 Å². The molecule has 0 aromatic heterocycles. The number of carbonyl (C=O) groups excluding carboxylic acids is 1. The number of amides is 1. The third-order valence-electron chi connectivity index (χ3n) is 4.41.